The molecular formula is C23H27ClN2O4. The largest absolute Gasteiger partial charge is 0.468 e. The van der Waals surface area contributed by atoms with Gasteiger partial charge in [0, 0.05) is 10.7 Å². The Balaban J connectivity index is 2.06. The highest BCUT2D eigenvalue weighted by molar-refractivity contribution is 6.30. The maximum Gasteiger partial charge on any atom is 0.325 e. The SMILES string of the molecule is CCC(CC)(C(=O)Nc1ccc(CC(=O)NCC(=O)OC)cc1)c1ccc(Cl)cc1. The molecule has 0 aliphatic heterocycles. The lowest BCUT2D eigenvalue weighted by molar-refractivity contribution is -0.141. The average molecular weight is 431 g/mol. The van der Waals surface area contributed by atoms with Crippen LogP contribution in [0.5, 0.6) is 0 Å². The summed E-state index contributed by atoms with van der Waals surface area (Å²) in [7, 11) is 1.26. The standard InChI is InChI=1S/C23H27ClN2O4/c1-4-23(5-2,17-8-10-18(24)11-9-17)22(29)26-19-12-6-16(7-13-19)14-20(27)25-15-21(28)30-3/h6-13H,4-5,14-15H2,1-3H3,(H,25,27)(H,26,29). The topological polar surface area (TPSA) is 84.5 Å². The third kappa shape index (κ3) is 5.83. The van der Waals surface area contributed by atoms with Gasteiger partial charge >= 0.3 is 5.97 Å². The maximum atomic E-state index is 13.2. The van der Waals surface area contributed by atoms with Crippen molar-refractivity contribution in [2.45, 2.75) is 38.5 Å². The van der Waals surface area contributed by atoms with Crippen LogP contribution in [0.25, 0.3) is 0 Å². The van der Waals surface area contributed by atoms with Crippen LogP contribution < -0.4 is 10.6 Å². The molecule has 30 heavy (non-hydrogen) atoms. The molecule has 2 aromatic carbocycles. The van der Waals surface area contributed by atoms with Crippen LogP contribution >= 0.6 is 11.6 Å². The van der Waals surface area contributed by atoms with Crippen LogP contribution in [0.2, 0.25) is 5.02 Å². The van der Waals surface area contributed by atoms with Crippen molar-refractivity contribution in [1.29, 1.82) is 0 Å². The van der Waals surface area contributed by atoms with Crippen molar-refractivity contribution in [3.8, 4) is 0 Å². The summed E-state index contributed by atoms with van der Waals surface area (Å²) in [6.45, 7) is 3.83. The summed E-state index contributed by atoms with van der Waals surface area (Å²) in [5.41, 5.74) is 1.69. The number of methoxy groups -OCH3 is 1. The first kappa shape index (κ1) is 23.4. The molecule has 0 atom stereocenters. The van der Waals surface area contributed by atoms with Crippen LogP contribution in [0.15, 0.2) is 48.5 Å². The number of hydrogen-bond acceptors (Lipinski definition) is 4. The Morgan fingerprint density at radius 1 is 0.967 bits per heavy atom. The van der Waals surface area contributed by atoms with E-state index in [0.717, 1.165) is 11.1 Å². The number of hydrogen-bond donors (Lipinski definition) is 2. The summed E-state index contributed by atoms with van der Waals surface area (Å²) in [4.78, 5) is 36.1. The molecular weight excluding hydrogens is 404 g/mol. The third-order valence-electron chi connectivity index (χ3n) is 5.27. The molecule has 0 spiro atoms. The molecule has 2 rings (SSSR count). The normalized spacial score (nSPS) is 10.9. The summed E-state index contributed by atoms with van der Waals surface area (Å²) in [6, 6.07) is 14.5. The van der Waals surface area contributed by atoms with Crippen LogP contribution in [-0.4, -0.2) is 31.4 Å². The predicted molar refractivity (Wildman–Crippen MR) is 118 cm³/mol. The zero-order valence-electron chi connectivity index (χ0n) is 17.5. The van der Waals surface area contributed by atoms with E-state index in [1.54, 1.807) is 36.4 Å². The molecule has 2 aromatic rings. The van der Waals surface area contributed by atoms with E-state index < -0.39 is 11.4 Å². The fourth-order valence-corrected chi connectivity index (χ4v) is 3.45. The minimum Gasteiger partial charge on any atom is -0.468 e. The number of nitrogens with one attached hydrogen (secondary N) is 2. The van der Waals surface area contributed by atoms with Crippen molar-refractivity contribution in [2.24, 2.45) is 0 Å². The molecule has 0 saturated carbocycles. The van der Waals surface area contributed by atoms with Gasteiger partial charge in [-0.1, -0.05) is 49.7 Å². The van der Waals surface area contributed by atoms with Gasteiger partial charge in [-0.3, -0.25) is 14.4 Å². The van der Waals surface area contributed by atoms with Gasteiger partial charge in [0.2, 0.25) is 11.8 Å². The van der Waals surface area contributed by atoms with E-state index in [1.807, 2.05) is 26.0 Å². The van der Waals surface area contributed by atoms with Crippen molar-refractivity contribution in [2.75, 3.05) is 19.0 Å². The molecule has 0 aliphatic carbocycles. The number of halogens is 1. The molecule has 6 nitrogen and oxygen atoms in total. The molecule has 160 valence electrons. The van der Waals surface area contributed by atoms with Gasteiger partial charge in [-0.2, -0.15) is 0 Å². The Kier molecular flexibility index (Phi) is 8.42. The summed E-state index contributed by atoms with van der Waals surface area (Å²) >= 11 is 6.00. The molecule has 0 heterocycles. The van der Waals surface area contributed by atoms with Crippen molar-refractivity contribution in [3.63, 3.8) is 0 Å². The van der Waals surface area contributed by atoms with Crippen LogP contribution in [0.4, 0.5) is 5.69 Å². The van der Waals surface area contributed by atoms with E-state index in [0.29, 0.717) is 23.6 Å². The van der Waals surface area contributed by atoms with Gasteiger partial charge in [0.25, 0.3) is 0 Å². The second-order valence-corrected chi connectivity index (χ2v) is 7.41. The highest BCUT2D eigenvalue weighted by Gasteiger charge is 2.36. The van der Waals surface area contributed by atoms with Gasteiger partial charge in [-0.25, -0.2) is 0 Å². The fraction of sp³-hybridized carbons (Fsp3) is 0.348. The number of benzene rings is 2. The first-order valence-corrected chi connectivity index (χ1v) is 10.2. The number of amides is 2. The number of ether oxygens (including phenoxy) is 1. The lowest BCUT2D eigenvalue weighted by atomic mass is 9.75. The summed E-state index contributed by atoms with van der Waals surface area (Å²) < 4.78 is 4.49. The van der Waals surface area contributed by atoms with Crippen LogP contribution in [-0.2, 0) is 31.0 Å². The molecule has 0 fully saturated rings. The fourth-order valence-electron chi connectivity index (χ4n) is 3.33. The van der Waals surface area contributed by atoms with Gasteiger partial charge in [0.05, 0.1) is 18.9 Å². The molecule has 0 aliphatic rings. The Hall–Kier alpha value is -2.86. The lowest BCUT2D eigenvalue weighted by Crippen LogP contribution is -2.39. The monoisotopic (exact) mass is 430 g/mol. The number of carbonyl (C=O) groups excluding carboxylic acids is 3. The number of esters is 1. The van der Waals surface area contributed by atoms with Crippen molar-refractivity contribution in [1.82, 2.24) is 5.32 Å². The second-order valence-electron chi connectivity index (χ2n) is 6.98. The van der Waals surface area contributed by atoms with Crippen molar-refractivity contribution >= 4 is 35.1 Å². The van der Waals surface area contributed by atoms with E-state index in [-0.39, 0.29) is 24.8 Å². The van der Waals surface area contributed by atoms with Gasteiger partial charge < -0.3 is 15.4 Å². The Morgan fingerprint density at radius 3 is 2.10 bits per heavy atom. The molecule has 7 heteroatoms. The number of rotatable bonds is 9. The van der Waals surface area contributed by atoms with E-state index in [1.165, 1.54) is 7.11 Å². The van der Waals surface area contributed by atoms with Crippen molar-refractivity contribution < 1.29 is 19.1 Å². The maximum absolute atomic E-state index is 13.2. The van der Waals surface area contributed by atoms with E-state index in [4.69, 9.17) is 11.6 Å². The number of carbonyl (C=O) groups is 3. The molecule has 0 saturated heterocycles. The molecule has 0 bridgehead atoms. The van der Waals surface area contributed by atoms with Gasteiger partial charge in [-0.15, -0.1) is 0 Å². The molecule has 2 amide bonds. The highest BCUT2D eigenvalue weighted by atomic mass is 35.5. The molecule has 0 aromatic heterocycles. The quantitative estimate of drug-likeness (QED) is 0.591. The third-order valence-corrected chi connectivity index (χ3v) is 5.52. The van der Waals surface area contributed by atoms with E-state index >= 15 is 0 Å². The minimum absolute atomic E-state index is 0.0848. The average Bonchev–Trinajstić information content (AvgIpc) is 2.75. The second kappa shape index (κ2) is 10.8. The lowest BCUT2D eigenvalue weighted by Gasteiger charge is -2.31. The molecule has 0 unspecified atom stereocenters. The first-order valence-electron chi connectivity index (χ1n) is 9.84. The van der Waals surface area contributed by atoms with Gasteiger partial charge in [0.15, 0.2) is 0 Å². The minimum atomic E-state index is -0.656. The van der Waals surface area contributed by atoms with Crippen LogP contribution in [0.3, 0.4) is 0 Å². The first-order chi connectivity index (χ1) is 14.3. The Bertz CT molecular complexity index is 875. The summed E-state index contributed by atoms with van der Waals surface area (Å²) in [6.07, 6.45) is 1.43. The van der Waals surface area contributed by atoms with E-state index in [2.05, 4.69) is 15.4 Å². The predicted octanol–water partition coefficient (Wildman–Crippen LogP) is 3.87. The summed E-state index contributed by atoms with van der Waals surface area (Å²) in [5, 5.41) is 6.12. The zero-order chi connectivity index (χ0) is 22.1. The zero-order valence-corrected chi connectivity index (χ0v) is 18.2. The molecule has 2 N–H and O–H groups in total. The number of anilines is 1. The Morgan fingerprint density at radius 2 is 1.57 bits per heavy atom. The summed E-state index contributed by atoms with van der Waals surface area (Å²) in [5.74, 6) is -0.869. The van der Waals surface area contributed by atoms with Gasteiger partial charge in [0.1, 0.15) is 6.54 Å². The van der Waals surface area contributed by atoms with Crippen molar-refractivity contribution in [3.05, 3.63) is 64.7 Å². The van der Waals surface area contributed by atoms with Crippen LogP contribution in [0, 0.1) is 0 Å². The van der Waals surface area contributed by atoms with Crippen LogP contribution in [0.1, 0.15) is 37.8 Å². The van der Waals surface area contributed by atoms with E-state index in [9.17, 15) is 14.4 Å². The smallest absolute Gasteiger partial charge is 0.325 e. The van der Waals surface area contributed by atoms with Gasteiger partial charge in [-0.05, 0) is 48.2 Å². The highest BCUT2D eigenvalue weighted by Crippen LogP contribution is 2.34. The molecule has 0 radical (unpaired) electrons. The Labute approximate surface area is 182 Å².